The van der Waals surface area contributed by atoms with E-state index in [9.17, 15) is 4.79 Å². The second-order valence-corrected chi connectivity index (χ2v) is 5.65. The summed E-state index contributed by atoms with van der Waals surface area (Å²) in [7, 11) is 1.62. The lowest BCUT2D eigenvalue weighted by molar-refractivity contribution is 0.209. The summed E-state index contributed by atoms with van der Waals surface area (Å²) in [6, 6.07) is 14.2. The second kappa shape index (κ2) is 6.44. The Morgan fingerprint density at radius 1 is 1.09 bits per heavy atom. The number of carbonyl (C=O) groups excluding carboxylic acids is 1. The summed E-state index contributed by atoms with van der Waals surface area (Å²) in [6.07, 6.45) is 1.03. The number of benzene rings is 2. The molecule has 0 N–H and O–H groups in total. The van der Waals surface area contributed by atoms with Crippen LogP contribution >= 0.6 is 23.2 Å². The maximum Gasteiger partial charge on any atom is 0.419 e. The Kier molecular flexibility index (Phi) is 4.37. The molecule has 0 saturated carbocycles. The van der Waals surface area contributed by atoms with E-state index in [0.717, 1.165) is 0 Å². The second-order valence-electron chi connectivity index (χ2n) is 4.83. The van der Waals surface area contributed by atoms with E-state index in [1.807, 2.05) is 18.2 Å². The van der Waals surface area contributed by atoms with Gasteiger partial charge in [0, 0.05) is 24.3 Å². The van der Waals surface area contributed by atoms with Crippen molar-refractivity contribution in [1.29, 1.82) is 0 Å². The summed E-state index contributed by atoms with van der Waals surface area (Å²) in [5.41, 5.74) is 1.15. The number of hydrogen-bond donors (Lipinski definition) is 0. The SMILES string of the molecule is CN(C(=O)Oc1c(Cl)cc(Cl)c2cccnc12)c1ccccc1. The number of ether oxygens (including phenoxy) is 1. The van der Waals surface area contributed by atoms with E-state index in [-0.39, 0.29) is 10.8 Å². The van der Waals surface area contributed by atoms with Gasteiger partial charge in [0.1, 0.15) is 5.52 Å². The lowest BCUT2D eigenvalue weighted by atomic mass is 10.2. The van der Waals surface area contributed by atoms with Gasteiger partial charge in [0.15, 0.2) is 5.75 Å². The van der Waals surface area contributed by atoms with Crippen molar-refractivity contribution >= 4 is 45.9 Å². The molecule has 0 aliphatic carbocycles. The van der Waals surface area contributed by atoms with Crippen molar-refractivity contribution in [2.24, 2.45) is 0 Å². The molecule has 3 rings (SSSR count). The normalized spacial score (nSPS) is 10.6. The van der Waals surface area contributed by atoms with Gasteiger partial charge in [-0.3, -0.25) is 9.88 Å². The van der Waals surface area contributed by atoms with Crippen LogP contribution in [0.5, 0.6) is 5.75 Å². The van der Waals surface area contributed by atoms with Crippen LogP contribution in [0.2, 0.25) is 10.0 Å². The Balaban J connectivity index is 1.97. The fourth-order valence-electron chi connectivity index (χ4n) is 2.16. The number of amides is 1. The van der Waals surface area contributed by atoms with Crippen molar-refractivity contribution in [3.63, 3.8) is 0 Å². The summed E-state index contributed by atoms with van der Waals surface area (Å²) in [5, 5.41) is 1.36. The molecule has 0 atom stereocenters. The van der Waals surface area contributed by atoms with E-state index >= 15 is 0 Å². The van der Waals surface area contributed by atoms with E-state index in [4.69, 9.17) is 27.9 Å². The average Bonchev–Trinajstić information content (AvgIpc) is 2.58. The fourth-order valence-corrected chi connectivity index (χ4v) is 2.71. The molecule has 0 saturated heterocycles. The molecule has 0 unspecified atom stereocenters. The Morgan fingerprint density at radius 2 is 1.83 bits per heavy atom. The van der Waals surface area contributed by atoms with Crippen molar-refractivity contribution in [2.75, 3.05) is 11.9 Å². The number of anilines is 1. The standard InChI is InChI=1S/C17H12Cl2N2O2/c1-21(11-6-3-2-4-7-11)17(22)23-16-14(19)10-13(18)12-8-5-9-20-15(12)16/h2-10H,1H3. The number of para-hydroxylation sites is 1. The van der Waals surface area contributed by atoms with E-state index in [0.29, 0.717) is 21.6 Å². The number of rotatable bonds is 2. The number of hydrogen-bond acceptors (Lipinski definition) is 3. The largest absolute Gasteiger partial charge is 0.419 e. The van der Waals surface area contributed by atoms with Crippen LogP contribution in [0.25, 0.3) is 10.9 Å². The first-order chi connectivity index (χ1) is 11.1. The van der Waals surface area contributed by atoms with Crippen molar-refractivity contribution < 1.29 is 9.53 Å². The van der Waals surface area contributed by atoms with Crippen LogP contribution in [0.3, 0.4) is 0 Å². The van der Waals surface area contributed by atoms with Crippen LogP contribution < -0.4 is 9.64 Å². The predicted molar refractivity (Wildman–Crippen MR) is 92.6 cm³/mol. The monoisotopic (exact) mass is 346 g/mol. The van der Waals surface area contributed by atoms with Crippen LogP contribution in [0.4, 0.5) is 10.5 Å². The molecule has 1 heterocycles. The van der Waals surface area contributed by atoms with Crippen molar-refractivity contribution in [1.82, 2.24) is 4.98 Å². The van der Waals surface area contributed by atoms with E-state index in [1.165, 1.54) is 11.0 Å². The highest BCUT2D eigenvalue weighted by atomic mass is 35.5. The highest BCUT2D eigenvalue weighted by molar-refractivity contribution is 6.39. The van der Waals surface area contributed by atoms with Crippen LogP contribution in [0.1, 0.15) is 0 Å². The van der Waals surface area contributed by atoms with Gasteiger partial charge in [-0.2, -0.15) is 0 Å². The number of fused-ring (bicyclic) bond motifs is 1. The Labute approximate surface area is 143 Å². The lowest BCUT2D eigenvalue weighted by Crippen LogP contribution is -2.29. The Hall–Kier alpha value is -2.30. The molecule has 0 aliphatic rings. The van der Waals surface area contributed by atoms with Crippen LogP contribution in [-0.2, 0) is 0 Å². The number of halogens is 2. The zero-order valence-corrected chi connectivity index (χ0v) is 13.7. The minimum atomic E-state index is -0.563. The first-order valence-corrected chi connectivity index (χ1v) is 7.57. The summed E-state index contributed by atoms with van der Waals surface area (Å²) < 4.78 is 5.46. The Morgan fingerprint density at radius 3 is 2.57 bits per heavy atom. The summed E-state index contributed by atoms with van der Waals surface area (Å²) in [4.78, 5) is 18.0. The third-order valence-corrected chi connectivity index (χ3v) is 3.95. The van der Waals surface area contributed by atoms with Gasteiger partial charge in [0.2, 0.25) is 0 Å². The van der Waals surface area contributed by atoms with Crippen molar-refractivity contribution in [2.45, 2.75) is 0 Å². The minimum Gasteiger partial charge on any atom is -0.406 e. The van der Waals surface area contributed by atoms with E-state index in [2.05, 4.69) is 4.98 Å². The number of carbonyl (C=O) groups is 1. The van der Waals surface area contributed by atoms with Gasteiger partial charge >= 0.3 is 6.09 Å². The van der Waals surface area contributed by atoms with Crippen LogP contribution in [0, 0.1) is 0 Å². The highest BCUT2D eigenvalue weighted by Crippen LogP contribution is 2.37. The molecular weight excluding hydrogens is 335 g/mol. The topological polar surface area (TPSA) is 42.4 Å². The molecule has 0 radical (unpaired) electrons. The first-order valence-electron chi connectivity index (χ1n) is 6.81. The maximum atomic E-state index is 12.4. The van der Waals surface area contributed by atoms with Gasteiger partial charge in [-0.15, -0.1) is 0 Å². The smallest absolute Gasteiger partial charge is 0.406 e. The molecule has 6 heteroatoms. The molecule has 3 aromatic rings. The van der Waals surface area contributed by atoms with Gasteiger partial charge in [-0.1, -0.05) is 41.4 Å². The zero-order valence-electron chi connectivity index (χ0n) is 12.2. The van der Waals surface area contributed by atoms with Gasteiger partial charge in [-0.25, -0.2) is 4.79 Å². The quantitative estimate of drug-likeness (QED) is 0.642. The van der Waals surface area contributed by atoms with Gasteiger partial charge in [0.05, 0.1) is 10.0 Å². The van der Waals surface area contributed by atoms with Crippen LogP contribution in [0.15, 0.2) is 54.7 Å². The number of aromatic nitrogens is 1. The van der Waals surface area contributed by atoms with Gasteiger partial charge in [-0.05, 0) is 30.3 Å². The highest BCUT2D eigenvalue weighted by Gasteiger charge is 2.19. The molecule has 2 aromatic carbocycles. The van der Waals surface area contributed by atoms with Crippen molar-refractivity contribution in [3.8, 4) is 5.75 Å². The summed E-state index contributed by atoms with van der Waals surface area (Å²) >= 11 is 12.3. The van der Waals surface area contributed by atoms with Crippen LogP contribution in [-0.4, -0.2) is 18.1 Å². The van der Waals surface area contributed by atoms with Crippen molar-refractivity contribution in [3.05, 3.63) is 64.8 Å². The minimum absolute atomic E-state index is 0.194. The molecule has 0 fully saturated rings. The molecule has 4 nitrogen and oxygen atoms in total. The molecule has 0 bridgehead atoms. The third-order valence-electron chi connectivity index (χ3n) is 3.36. The zero-order chi connectivity index (χ0) is 16.4. The molecule has 116 valence electrons. The number of nitrogens with zero attached hydrogens (tertiary/aromatic N) is 2. The molecule has 1 aromatic heterocycles. The molecule has 0 aliphatic heterocycles. The predicted octanol–water partition coefficient (Wildman–Crippen LogP) is 5.18. The molecule has 1 amide bonds. The first kappa shape index (κ1) is 15.6. The van der Waals surface area contributed by atoms with Gasteiger partial charge in [0.25, 0.3) is 0 Å². The molecule has 23 heavy (non-hydrogen) atoms. The molecular formula is C17H12Cl2N2O2. The number of pyridine rings is 1. The van der Waals surface area contributed by atoms with E-state index in [1.54, 1.807) is 37.5 Å². The van der Waals surface area contributed by atoms with Gasteiger partial charge < -0.3 is 4.74 Å². The maximum absolute atomic E-state index is 12.4. The lowest BCUT2D eigenvalue weighted by Gasteiger charge is -2.18. The summed E-state index contributed by atoms with van der Waals surface area (Å²) in [5.74, 6) is 0.194. The third kappa shape index (κ3) is 3.09. The fraction of sp³-hybridized carbons (Fsp3) is 0.0588. The Bertz CT molecular complexity index is 869. The molecule has 0 spiro atoms. The summed E-state index contributed by atoms with van der Waals surface area (Å²) in [6.45, 7) is 0. The van der Waals surface area contributed by atoms with E-state index < -0.39 is 6.09 Å². The average molecular weight is 347 g/mol.